The predicted octanol–water partition coefficient (Wildman–Crippen LogP) is 5.01. The maximum Gasteiger partial charge on any atom is 0.254 e. The summed E-state index contributed by atoms with van der Waals surface area (Å²) in [6.07, 6.45) is 2.24. The molecule has 0 atom stereocenters. The lowest BCUT2D eigenvalue weighted by atomic mass is 9.74. The standard InChI is InChI=1S/C27H24ClNO3/c28-19-9-10-20-21-7-4-8-22(24(21)25(31)23(20)15-19)26(32)29-13-11-27(17-30,12-14-29)16-18-5-2-1-3-6-18/h1-10,15,30H,11-14,16-17H2. The molecule has 0 bridgehead atoms. The highest BCUT2D eigenvalue weighted by atomic mass is 35.5. The van der Waals surface area contributed by atoms with Gasteiger partial charge in [-0.05, 0) is 54.2 Å². The molecule has 0 saturated carbocycles. The molecule has 0 radical (unpaired) electrons. The van der Waals surface area contributed by atoms with Crippen molar-refractivity contribution >= 4 is 23.3 Å². The first-order valence-corrected chi connectivity index (χ1v) is 11.3. The first-order chi connectivity index (χ1) is 15.5. The van der Waals surface area contributed by atoms with Gasteiger partial charge < -0.3 is 10.0 Å². The van der Waals surface area contributed by atoms with Gasteiger partial charge in [0, 0.05) is 41.3 Å². The van der Waals surface area contributed by atoms with E-state index in [1.807, 2.05) is 41.3 Å². The maximum atomic E-state index is 13.5. The number of likely N-dealkylation sites (tertiary alicyclic amines) is 1. The number of carbonyl (C=O) groups excluding carboxylic acids is 2. The van der Waals surface area contributed by atoms with Crippen LogP contribution in [-0.2, 0) is 6.42 Å². The molecule has 0 aromatic heterocycles. The third-order valence-corrected chi connectivity index (χ3v) is 7.14. The molecule has 0 unspecified atom stereocenters. The Bertz CT molecular complexity index is 1200. The van der Waals surface area contributed by atoms with Gasteiger partial charge in [0.25, 0.3) is 5.91 Å². The quantitative estimate of drug-likeness (QED) is 0.480. The van der Waals surface area contributed by atoms with E-state index in [1.165, 1.54) is 5.56 Å². The van der Waals surface area contributed by atoms with Gasteiger partial charge in [0.2, 0.25) is 0 Å². The molecule has 1 aliphatic carbocycles. The summed E-state index contributed by atoms with van der Waals surface area (Å²) in [6.45, 7) is 1.21. The first-order valence-electron chi connectivity index (χ1n) is 10.9. The Hall–Kier alpha value is -2.95. The highest BCUT2D eigenvalue weighted by Gasteiger charge is 2.38. The number of aliphatic hydroxyl groups is 1. The highest BCUT2D eigenvalue weighted by molar-refractivity contribution is 6.32. The molecule has 5 heteroatoms. The van der Waals surface area contributed by atoms with Gasteiger partial charge in [-0.15, -0.1) is 0 Å². The number of aliphatic hydroxyl groups excluding tert-OH is 1. The molecule has 162 valence electrons. The normalized spacial score (nSPS) is 16.6. The monoisotopic (exact) mass is 445 g/mol. The van der Waals surface area contributed by atoms with Gasteiger partial charge in [0.15, 0.2) is 5.78 Å². The third kappa shape index (κ3) is 3.54. The molecular formula is C27H24ClNO3. The second-order valence-electron chi connectivity index (χ2n) is 8.86. The van der Waals surface area contributed by atoms with E-state index in [4.69, 9.17) is 11.6 Å². The molecule has 3 aromatic rings. The van der Waals surface area contributed by atoms with Crippen molar-refractivity contribution in [2.45, 2.75) is 19.3 Å². The predicted molar refractivity (Wildman–Crippen MR) is 125 cm³/mol. The number of benzene rings is 3. The van der Waals surface area contributed by atoms with Gasteiger partial charge in [-0.1, -0.05) is 60.1 Å². The number of halogens is 1. The topological polar surface area (TPSA) is 57.6 Å². The van der Waals surface area contributed by atoms with Gasteiger partial charge >= 0.3 is 0 Å². The van der Waals surface area contributed by atoms with Gasteiger partial charge in [-0.25, -0.2) is 0 Å². The minimum atomic E-state index is -0.223. The molecule has 1 N–H and O–H groups in total. The lowest BCUT2D eigenvalue weighted by Crippen LogP contribution is -2.45. The largest absolute Gasteiger partial charge is 0.396 e. The average Bonchev–Trinajstić information content (AvgIpc) is 3.11. The van der Waals surface area contributed by atoms with E-state index in [2.05, 4.69) is 12.1 Å². The minimum absolute atomic E-state index is 0.0964. The summed E-state index contributed by atoms with van der Waals surface area (Å²) in [4.78, 5) is 28.4. The fourth-order valence-electron chi connectivity index (χ4n) is 5.05. The number of fused-ring (bicyclic) bond motifs is 3. The zero-order valence-electron chi connectivity index (χ0n) is 17.7. The molecule has 32 heavy (non-hydrogen) atoms. The van der Waals surface area contributed by atoms with Gasteiger partial charge in [-0.3, -0.25) is 9.59 Å². The van der Waals surface area contributed by atoms with Crippen LogP contribution in [0.2, 0.25) is 5.02 Å². The van der Waals surface area contributed by atoms with E-state index in [9.17, 15) is 14.7 Å². The number of piperidine rings is 1. The third-order valence-electron chi connectivity index (χ3n) is 6.91. The fourth-order valence-corrected chi connectivity index (χ4v) is 5.22. The van der Waals surface area contributed by atoms with Crippen LogP contribution < -0.4 is 0 Å². The number of nitrogens with zero attached hydrogens (tertiary/aromatic N) is 1. The highest BCUT2D eigenvalue weighted by Crippen LogP contribution is 2.40. The van der Waals surface area contributed by atoms with Crippen LogP contribution in [0.25, 0.3) is 11.1 Å². The Morgan fingerprint density at radius 2 is 1.69 bits per heavy atom. The van der Waals surface area contributed by atoms with Crippen LogP contribution in [-0.4, -0.2) is 41.4 Å². The molecule has 0 spiro atoms. The van der Waals surface area contributed by atoms with E-state index in [0.29, 0.717) is 34.8 Å². The van der Waals surface area contributed by atoms with Gasteiger partial charge in [-0.2, -0.15) is 0 Å². The summed E-state index contributed by atoms with van der Waals surface area (Å²) < 4.78 is 0. The first kappa shape index (κ1) is 20.9. The van der Waals surface area contributed by atoms with Crippen LogP contribution in [0.5, 0.6) is 0 Å². The second kappa shape index (κ2) is 8.19. The minimum Gasteiger partial charge on any atom is -0.396 e. The average molecular weight is 446 g/mol. The lowest BCUT2D eigenvalue weighted by molar-refractivity contribution is 0.0357. The molecular weight excluding hydrogens is 422 g/mol. The zero-order chi connectivity index (χ0) is 22.3. The van der Waals surface area contributed by atoms with Crippen molar-refractivity contribution in [3.05, 3.63) is 94.0 Å². The van der Waals surface area contributed by atoms with Crippen LogP contribution >= 0.6 is 11.6 Å². The van der Waals surface area contributed by atoms with Crippen LogP contribution in [0, 0.1) is 5.41 Å². The summed E-state index contributed by atoms with van der Waals surface area (Å²) in [5, 5.41) is 10.7. The second-order valence-corrected chi connectivity index (χ2v) is 9.30. The summed E-state index contributed by atoms with van der Waals surface area (Å²) in [7, 11) is 0. The van der Waals surface area contributed by atoms with Crippen LogP contribution in [0.3, 0.4) is 0 Å². The van der Waals surface area contributed by atoms with E-state index >= 15 is 0 Å². The lowest BCUT2D eigenvalue weighted by Gasteiger charge is -2.41. The molecule has 1 saturated heterocycles. The Morgan fingerprint density at radius 1 is 0.938 bits per heavy atom. The van der Waals surface area contributed by atoms with E-state index in [1.54, 1.807) is 18.2 Å². The van der Waals surface area contributed by atoms with Crippen molar-refractivity contribution in [3.8, 4) is 11.1 Å². The van der Waals surface area contributed by atoms with Gasteiger partial charge in [0.1, 0.15) is 0 Å². The Kier molecular flexibility index (Phi) is 5.36. The number of hydrogen-bond acceptors (Lipinski definition) is 3. The Balaban J connectivity index is 1.38. The fraction of sp³-hybridized carbons (Fsp3) is 0.259. The van der Waals surface area contributed by atoms with Crippen molar-refractivity contribution in [1.29, 1.82) is 0 Å². The summed E-state index contributed by atoms with van der Waals surface area (Å²) in [5.74, 6) is -0.271. The molecule has 1 amide bonds. The van der Waals surface area contributed by atoms with Crippen molar-refractivity contribution in [2.24, 2.45) is 5.41 Å². The molecule has 1 aliphatic heterocycles. The molecule has 1 fully saturated rings. The van der Waals surface area contributed by atoms with Crippen molar-refractivity contribution in [1.82, 2.24) is 4.90 Å². The number of ketones is 1. The van der Waals surface area contributed by atoms with E-state index < -0.39 is 0 Å². The van der Waals surface area contributed by atoms with E-state index in [-0.39, 0.29) is 23.7 Å². The van der Waals surface area contributed by atoms with Crippen molar-refractivity contribution < 1.29 is 14.7 Å². The summed E-state index contributed by atoms with van der Waals surface area (Å²) in [6, 6.07) is 20.9. The van der Waals surface area contributed by atoms with Crippen molar-refractivity contribution in [2.75, 3.05) is 19.7 Å². The van der Waals surface area contributed by atoms with Crippen LogP contribution in [0.1, 0.15) is 44.7 Å². The zero-order valence-corrected chi connectivity index (χ0v) is 18.4. The smallest absolute Gasteiger partial charge is 0.254 e. The molecule has 2 aliphatic rings. The van der Waals surface area contributed by atoms with E-state index in [0.717, 1.165) is 30.4 Å². The summed E-state index contributed by atoms with van der Waals surface area (Å²) in [5.41, 5.74) is 4.05. The Morgan fingerprint density at radius 3 is 2.41 bits per heavy atom. The maximum absolute atomic E-state index is 13.5. The van der Waals surface area contributed by atoms with Crippen LogP contribution in [0.15, 0.2) is 66.7 Å². The molecule has 1 heterocycles. The van der Waals surface area contributed by atoms with Crippen LogP contribution in [0.4, 0.5) is 0 Å². The SMILES string of the molecule is O=C1c2cc(Cl)ccc2-c2cccc(C(=O)N3CCC(CO)(Cc4ccccc4)CC3)c21. The number of amides is 1. The number of carbonyl (C=O) groups is 2. The number of hydrogen-bond donors (Lipinski definition) is 1. The summed E-state index contributed by atoms with van der Waals surface area (Å²) >= 11 is 6.11. The Labute approximate surface area is 192 Å². The number of rotatable bonds is 4. The van der Waals surface area contributed by atoms with Crippen molar-refractivity contribution in [3.63, 3.8) is 0 Å². The van der Waals surface area contributed by atoms with Gasteiger partial charge in [0.05, 0.1) is 5.56 Å². The molecule has 3 aromatic carbocycles. The molecule has 5 rings (SSSR count). The molecule has 4 nitrogen and oxygen atoms in total.